The third-order valence-corrected chi connectivity index (χ3v) is 8.53. The summed E-state index contributed by atoms with van der Waals surface area (Å²) in [6.07, 6.45) is 9.71. The number of benzene rings is 1. The van der Waals surface area contributed by atoms with Crippen molar-refractivity contribution >= 4 is 0 Å². The van der Waals surface area contributed by atoms with Crippen LogP contribution in [0.2, 0.25) is 0 Å². The highest BCUT2D eigenvalue weighted by atomic mass is 16.5. The van der Waals surface area contributed by atoms with E-state index in [0.717, 1.165) is 50.6 Å². The van der Waals surface area contributed by atoms with E-state index in [2.05, 4.69) is 62.1 Å². The second-order valence-electron chi connectivity index (χ2n) is 10.3. The summed E-state index contributed by atoms with van der Waals surface area (Å²) in [5.41, 5.74) is 0.791. The highest BCUT2D eigenvalue weighted by Crippen LogP contribution is 2.50. The zero-order valence-corrected chi connectivity index (χ0v) is 20.4. The Bertz CT molecular complexity index is 691. The van der Waals surface area contributed by atoms with Gasteiger partial charge in [0.25, 0.3) is 0 Å². The van der Waals surface area contributed by atoms with Crippen LogP contribution in [0.1, 0.15) is 77.7 Å². The minimum absolute atomic E-state index is 0.206. The lowest BCUT2D eigenvalue weighted by Crippen LogP contribution is -2.49. The first-order valence-corrected chi connectivity index (χ1v) is 12.8. The molecule has 0 N–H and O–H groups in total. The monoisotopic (exact) mass is 424 g/mol. The van der Waals surface area contributed by atoms with Gasteiger partial charge in [0, 0.05) is 19.6 Å². The summed E-state index contributed by atoms with van der Waals surface area (Å²) in [5.74, 6) is 2.33. The van der Waals surface area contributed by atoms with Gasteiger partial charge in [-0.3, -0.25) is 0 Å². The third kappa shape index (κ3) is 5.35. The first-order chi connectivity index (χ1) is 15.1. The van der Waals surface area contributed by atoms with Crippen molar-refractivity contribution in [3.05, 3.63) is 35.9 Å². The Balaban J connectivity index is 1.76. The molecule has 2 fully saturated rings. The topological polar surface area (TPSA) is 36.3 Å². The molecule has 1 saturated heterocycles. The Morgan fingerprint density at radius 3 is 2.39 bits per heavy atom. The Morgan fingerprint density at radius 1 is 1.10 bits per heavy atom. The summed E-state index contributed by atoms with van der Waals surface area (Å²) in [4.78, 5) is 2.68. The van der Waals surface area contributed by atoms with Gasteiger partial charge in [-0.1, -0.05) is 70.4 Å². The van der Waals surface area contributed by atoms with Crippen molar-refractivity contribution in [3.63, 3.8) is 0 Å². The fraction of sp³-hybridized carbons (Fsp3) is 0.750. The molecular weight excluding hydrogens is 380 g/mol. The number of ether oxygens (including phenoxy) is 1. The van der Waals surface area contributed by atoms with Gasteiger partial charge >= 0.3 is 0 Å². The van der Waals surface area contributed by atoms with E-state index < -0.39 is 5.41 Å². The van der Waals surface area contributed by atoms with Gasteiger partial charge in [0.05, 0.1) is 17.6 Å². The maximum atomic E-state index is 10.7. The quantitative estimate of drug-likeness (QED) is 0.434. The van der Waals surface area contributed by atoms with Crippen LogP contribution >= 0.6 is 0 Å². The summed E-state index contributed by atoms with van der Waals surface area (Å²) < 4.78 is 5.92. The van der Waals surface area contributed by atoms with E-state index in [4.69, 9.17) is 4.74 Å². The zero-order chi connectivity index (χ0) is 22.3. The largest absolute Gasteiger partial charge is 0.381 e. The van der Waals surface area contributed by atoms with Crippen LogP contribution in [0.3, 0.4) is 0 Å². The Labute approximate surface area is 191 Å². The molecule has 1 heterocycles. The Morgan fingerprint density at radius 2 is 1.81 bits per heavy atom. The number of likely N-dealkylation sites (tertiary alicyclic amines) is 1. The van der Waals surface area contributed by atoms with E-state index >= 15 is 0 Å². The normalized spacial score (nSPS) is 26.8. The van der Waals surface area contributed by atoms with Crippen LogP contribution in [0.15, 0.2) is 30.3 Å². The first-order valence-electron chi connectivity index (χ1n) is 12.8. The van der Waals surface area contributed by atoms with Crippen molar-refractivity contribution in [2.45, 2.75) is 83.7 Å². The van der Waals surface area contributed by atoms with E-state index in [0.29, 0.717) is 11.8 Å². The van der Waals surface area contributed by atoms with Crippen molar-refractivity contribution < 1.29 is 4.74 Å². The van der Waals surface area contributed by atoms with Crippen LogP contribution in [-0.4, -0.2) is 37.7 Å². The number of methoxy groups -OCH3 is 1. The predicted octanol–water partition coefficient (Wildman–Crippen LogP) is 6.44. The molecular formula is C28H44N2O. The van der Waals surface area contributed by atoms with Gasteiger partial charge in [0.2, 0.25) is 0 Å². The highest BCUT2D eigenvalue weighted by molar-refractivity contribution is 5.36. The molecule has 0 spiro atoms. The predicted molar refractivity (Wildman–Crippen MR) is 129 cm³/mol. The number of rotatable bonds is 10. The molecule has 0 radical (unpaired) electrons. The molecule has 2 aliphatic rings. The van der Waals surface area contributed by atoms with E-state index in [1.165, 1.54) is 37.8 Å². The van der Waals surface area contributed by atoms with E-state index in [1.54, 1.807) is 0 Å². The first kappa shape index (κ1) is 24.3. The molecule has 3 heteroatoms. The lowest BCUT2D eigenvalue weighted by molar-refractivity contribution is 0.0193. The van der Waals surface area contributed by atoms with Gasteiger partial charge in [-0.05, 0) is 68.5 Å². The number of hydrogen-bond acceptors (Lipinski definition) is 3. The summed E-state index contributed by atoms with van der Waals surface area (Å²) in [5, 5.41) is 10.7. The van der Waals surface area contributed by atoms with E-state index in [1.807, 2.05) is 7.11 Å². The van der Waals surface area contributed by atoms with Gasteiger partial charge in [0.1, 0.15) is 0 Å². The van der Waals surface area contributed by atoms with Gasteiger partial charge in [-0.2, -0.15) is 5.26 Å². The molecule has 0 aromatic heterocycles. The van der Waals surface area contributed by atoms with Crippen LogP contribution in [0.5, 0.6) is 0 Å². The Hall–Kier alpha value is -1.37. The van der Waals surface area contributed by atoms with Crippen LogP contribution in [0.25, 0.3) is 0 Å². The zero-order valence-electron chi connectivity index (χ0n) is 20.4. The van der Waals surface area contributed by atoms with Crippen molar-refractivity contribution in [3.8, 4) is 6.07 Å². The molecule has 1 aromatic rings. The minimum atomic E-state index is -0.425. The number of nitriles is 1. The summed E-state index contributed by atoms with van der Waals surface area (Å²) in [6, 6.07) is 13.6. The Kier molecular flexibility index (Phi) is 8.99. The smallest absolute Gasteiger partial charge is 0.0904 e. The van der Waals surface area contributed by atoms with Gasteiger partial charge < -0.3 is 9.64 Å². The summed E-state index contributed by atoms with van der Waals surface area (Å²) in [7, 11) is 1.83. The van der Waals surface area contributed by atoms with Gasteiger partial charge in [-0.25, -0.2) is 0 Å². The molecule has 1 aromatic carbocycles. The number of hydrogen-bond donors (Lipinski definition) is 0. The summed E-state index contributed by atoms with van der Waals surface area (Å²) in [6.45, 7) is 10.5. The molecule has 1 aliphatic heterocycles. The fourth-order valence-corrected chi connectivity index (χ4v) is 6.48. The molecule has 4 unspecified atom stereocenters. The molecule has 1 saturated carbocycles. The van der Waals surface area contributed by atoms with Crippen molar-refractivity contribution in [1.29, 1.82) is 5.26 Å². The van der Waals surface area contributed by atoms with Crippen LogP contribution in [0, 0.1) is 35.0 Å². The molecule has 5 atom stereocenters. The van der Waals surface area contributed by atoms with Crippen LogP contribution in [-0.2, 0) is 10.2 Å². The van der Waals surface area contributed by atoms with Gasteiger partial charge in [0.15, 0.2) is 0 Å². The SMILES string of the molecule is CCC(C)CC(CC)CN1CCC(C(C#N)(c2ccccc2)[C@H]2CCCC2OC)CC1. The van der Waals surface area contributed by atoms with Crippen molar-refractivity contribution in [1.82, 2.24) is 4.90 Å². The molecule has 0 bridgehead atoms. The second-order valence-corrected chi connectivity index (χ2v) is 10.3. The molecule has 1 aliphatic carbocycles. The van der Waals surface area contributed by atoms with Crippen molar-refractivity contribution in [2.24, 2.45) is 23.7 Å². The second kappa shape index (κ2) is 11.5. The van der Waals surface area contributed by atoms with Gasteiger partial charge in [-0.15, -0.1) is 0 Å². The van der Waals surface area contributed by atoms with Crippen LogP contribution in [0.4, 0.5) is 0 Å². The molecule has 172 valence electrons. The minimum Gasteiger partial charge on any atom is -0.381 e. The standard InChI is InChI=1S/C28H44N2O/c1-5-22(3)19-23(6-2)20-30-17-15-25(16-18-30)28(21-29,24-11-8-7-9-12-24)26-13-10-14-27(26)31-4/h7-9,11-12,22-23,25-27H,5-6,10,13-20H2,1-4H3/t22?,23?,26-,27?,28?/m0/s1. The number of nitrogens with zero attached hydrogens (tertiary/aromatic N) is 2. The van der Waals surface area contributed by atoms with Crippen molar-refractivity contribution in [2.75, 3.05) is 26.7 Å². The molecule has 3 rings (SSSR count). The lowest BCUT2D eigenvalue weighted by Gasteiger charge is -2.46. The number of piperidine rings is 1. The average molecular weight is 425 g/mol. The molecule has 0 amide bonds. The molecule has 31 heavy (non-hydrogen) atoms. The fourth-order valence-electron chi connectivity index (χ4n) is 6.48. The highest BCUT2D eigenvalue weighted by Gasteiger charge is 2.52. The molecule has 3 nitrogen and oxygen atoms in total. The average Bonchev–Trinajstić information content (AvgIpc) is 3.30. The van der Waals surface area contributed by atoms with E-state index in [9.17, 15) is 5.26 Å². The van der Waals surface area contributed by atoms with Crippen LogP contribution < -0.4 is 0 Å². The summed E-state index contributed by atoms with van der Waals surface area (Å²) >= 11 is 0. The maximum absolute atomic E-state index is 10.7. The third-order valence-electron chi connectivity index (χ3n) is 8.53. The van der Waals surface area contributed by atoms with E-state index in [-0.39, 0.29) is 6.10 Å². The lowest BCUT2D eigenvalue weighted by atomic mass is 9.59. The maximum Gasteiger partial charge on any atom is 0.0904 e.